The van der Waals surface area contributed by atoms with E-state index in [1.165, 1.54) is 0 Å². The highest BCUT2D eigenvalue weighted by atomic mass is 16.6. The predicted octanol–water partition coefficient (Wildman–Crippen LogP) is 2.85. The Hall–Kier alpha value is -3.48. The SMILES string of the molecule is NC(=O)c1nc2ccccc2c([N+](=O)[O-])c1NCc1ccccc1. The van der Waals surface area contributed by atoms with Crippen LogP contribution >= 0.6 is 0 Å². The third-order valence-electron chi connectivity index (χ3n) is 3.59. The first-order valence-corrected chi connectivity index (χ1v) is 7.22. The van der Waals surface area contributed by atoms with Crippen molar-refractivity contribution in [2.24, 2.45) is 5.73 Å². The maximum absolute atomic E-state index is 11.7. The van der Waals surface area contributed by atoms with Crippen LogP contribution in [0.25, 0.3) is 10.9 Å². The minimum absolute atomic E-state index is 0.0371. The number of anilines is 1. The van der Waals surface area contributed by atoms with Gasteiger partial charge in [-0.15, -0.1) is 0 Å². The summed E-state index contributed by atoms with van der Waals surface area (Å²) in [6, 6.07) is 15.9. The summed E-state index contributed by atoms with van der Waals surface area (Å²) >= 11 is 0. The second kappa shape index (κ2) is 6.33. The Morgan fingerprint density at radius 3 is 2.46 bits per heavy atom. The molecule has 0 radical (unpaired) electrons. The molecular weight excluding hydrogens is 308 g/mol. The summed E-state index contributed by atoms with van der Waals surface area (Å²) in [7, 11) is 0. The maximum Gasteiger partial charge on any atom is 0.304 e. The number of nitrogens with zero attached hydrogens (tertiary/aromatic N) is 2. The summed E-state index contributed by atoms with van der Waals surface area (Å²) in [6.45, 7) is 0.308. The van der Waals surface area contributed by atoms with E-state index in [1.807, 2.05) is 30.3 Å². The summed E-state index contributed by atoms with van der Waals surface area (Å²) in [5.74, 6) is -0.820. The van der Waals surface area contributed by atoms with Crippen molar-refractivity contribution >= 4 is 28.2 Å². The van der Waals surface area contributed by atoms with E-state index < -0.39 is 10.8 Å². The van der Waals surface area contributed by atoms with Crippen molar-refractivity contribution < 1.29 is 9.72 Å². The molecule has 0 fully saturated rings. The van der Waals surface area contributed by atoms with E-state index in [0.29, 0.717) is 17.4 Å². The van der Waals surface area contributed by atoms with Gasteiger partial charge in [-0.2, -0.15) is 0 Å². The van der Waals surface area contributed by atoms with Crippen LogP contribution in [0.1, 0.15) is 16.1 Å². The van der Waals surface area contributed by atoms with E-state index in [2.05, 4.69) is 10.3 Å². The lowest BCUT2D eigenvalue weighted by Gasteiger charge is -2.12. The fourth-order valence-electron chi connectivity index (χ4n) is 2.52. The number of carbonyl (C=O) groups excluding carboxylic acids is 1. The molecule has 2 aromatic carbocycles. The molecule has 0 unspecified atom stereocenters. The van der Waals surface area contributed by atoms with Gasteiger partial charge >= 0.3 is 5.69 Å². The average molecular weight is 322 g/mol. The summed E-state index contributed by atoms with van der Waals surface area (Å²) in [5.41, 5.74) is 6.33. The van der Waals surface area contributed by atoms with E-state index in [4.69, 9.17) is 5.73 Å². The van der Waals surface area contributed by atoms with E-state index in [1.54, 1.807) is 24.3 Å². The van der Waals surface area contributed by atoms with Crippen molar-refractivity contribution in [1.82, 2.24) is 4.98 Å². The molecule has 1 aromatic heterocycles. The summed E-state index contributed by atoms with van der Waals surface area (Å²) in [4.78, 5) is 27.0. The molecule has 3 aromatic rings. The number of pyridine rings is 1. The number of nitrogens with two attached hydrogens (primary N) is 1. The zero-order chi connectivity index (χ0) is 17.1. The first-order valence-electron chi connectivity index (χ1n) is 7.22. The van der Waals surface area contributed by atoms with Gasteiger partial charge in [0.1, 0.15) is 5.69 Å². The molecule has 0 saturated carbocycles. The Kier molecular flexibility index (Phi) is 4.07. The third kappa shape index (κ3) is 2.87. The zero-order valence-corrected chi connectivity index (χ0v) is 12.6. The molecule has 0 bridgehead atoms. The van der Waals surface area contributed by atoms with Crippen molar-refractivity contribution in [3.8, 4) is 0 Å². The molecule has 0 aliphatic carbocycles. The Morgan fingerprint density at radius 2 is 1.79 bits per heavy atom. The second-order valence-corrected chi connectivity index (χ2v) is 5.16. The average Bonchev–Trinajstić information content (AvgIpc) is 2.59. The molecule has 0 spiro atoms. The molecule has 0 aliphatic heterocycles. The number of para-hydroxylation sites is 1. The summed E-state index contributed by atoms with van der Waals surface area (Å²) < 4.78 is 0. The minimum atomic E-state index is -0.820. The number of nitrogens with one attached hydrogen (secondary N) is 1. The van der Waals surface area contributed by atoms with Crippen LogP contribution in [0.15, 0.2) is 54.6 Å². The highest BCUT2D eigenvalue weighted by Gasteiger charge is 2.26. The summed E-state index contributed by atoms with van der Waals surface area (Å²) in [5, 5.41) is 14.9. The number of rotatable bonds is 5. The monoisotopic (exact) mass is 322 g/mol. The highest BCUT2D eigenvalue weighted by Crippen LogP contribution is 2.35. The number of aromatic nitrogens is 1. The lowest BCUT2D eigenvalue weighted by molar-refractivity contribution is -0.382. The molecule has 1 heterocycles. The van der Waals surface area contributed by atoms with Gasteiger partial charge in [0.15, 0.2) is 5.69 Å². The minimum Gasteiger partial charge on any atom is -0.373 e. The Bertz CT molecular complexity index is 926. The van der Waals surface area contributed by atoms with Crippen molar-refractivity contribution in [2.45, 2.75) is 6.54 Å². The van der Waals surface area contributed by atoms with Crippen LogP contribution in [0.3, 0.4) is 0 Å². The molecule has 3 rings (SSSR count). The van der Waals surface area contributed by atoms with Gasteiger partial charge < -0.3 is 11.1 Å². The van der Waals surface area contributed by atoms with Gasteiger partial charge in [-0.05, 0) is 17.7 Å². The molecular formula is C17H14N4O3. The topological polar surface area (TPSA) is 111 Å². The molecule has 1 amide bonds. The number of carbonyl (C=O) groups is 1. The molecule has 0 atom stereocenters. The fourth-order valence-corrected chi connectivity index (χ4v) is 2.52. The van der Waals surface area contributed by atoms with Gasteiger partial charge in [0.25, 0.3) is 5.91 Å². The molecule has 7 heteroatoms. The Morgan fingerprint density at radius 1 is 1.12 bits per heavy atom. The van der Waals surface area contributed by atoms with E-state index in [-0.39, 0.29) is 17.1 Å². The molecule has 120 valence electrons. The number of amides is 1. The molecule has 0 saturated heterocycles. The number of nitro groups is 1. The maximum atomic E-state index is 11.7. The van der Waals surface area contributed by atoms with Gasteiger partial charge in [0.2, 0.25) is 0 Å². The number of primary amides is 1. The van der Waals surface area contributed by atoms with Gasteiger partial charge in [-0.1, -0.05) is 42.5 Å². The Balaban J connectivity index is 2.16. The normalized spacial score (nSPS) is 10.5. The van der Waals surface area contributed by atoms with Crippen LogP contribution in [0.4, 0.5) is 11.4 Å². The second-order valence-electron chi connectivity index (χ2n) is 5.16. The van der Waals surface area contributed by atoms with Gasteiger partial charge in [-0.25, -0.2) is 4.98 Å². The van der Waals surface area contributed by atoms with E-state index in [9.17, 15) is 14.9 Å². The molecule has 3 N–H and O–H groups in total. The van der Waals surface area contributed by atoms with Crippen molar-refractivity contribution in [3.05, 3.63) is 76.0 Å². The fraction of sp³-hybridized carbons (Fsp3) is 0.0588. The van der Waals surface area contributed by atoms with E-state index in [0.717, 1.165) is 5.56 Å². The van der Waals surface area contributed by atoms with Crippen LogP contribution in [0, 0.1) is 10.1 Å². The standard InChI is InChI=1S/C17H14N4O3/c18-17(22)15-14(19-10-11-6-2-1-3-7-11)16(21(23)24)12-8-4-5-9-13(12)20-15/h1-9,19H,10H2,(H2,18,22). The number of hydrogen-bond acceptors (Lipinski definition) is 5. The largest absolute Gasteiger partial charge is 0.373 e. The van der Waals surface area contributed by atoms with Gasteiger partial charge in [0.05, 0.1) is 15.8 Å². The number of hydrogen-bond donors (Lipinski definition) is 2. The van der Waals surface area contributed by atoms with Crippen LogP contribution in [-0.4, -0.2) is 15.8 Å². The van der Waals surface area contributed by atoms with Crippen molar-refractivity contribution in [1.29, 1.82) is 0 Å². The zero-order valence-electron chi connectivity index (χ0n) is 12.6. The predicted molar refractivity (Wildman–Crippen MR) is 90.7 cm³/mol. The van der Waals surface area contributed by atoms with Crippen molar-refractivity contribution in [3.63, 3.8) is 0 Å². The number of benzene rings is 2. The van der Waals surface area contributed by atoms with Crippen LogP contribution < -0.4 is 11.1 Å². The molecule has 0 aliphatic rings. The van der Waals surface area contributed by atoms with Crippen LogP contribution in [-0.2, 0) is 6.54 Å². The molecule has 7 nitrogen and oxygen atoms in total. The third-order valence-corrected chi connectivity index (χ3v) is 3.59. The van der Waals surface area contributed by atoms with Crippen LogP contribution in [0.2, 0.25) is 0 Å². The first kappa shape index (κ1) is 15.4. The quantitative estimate of drug-likeness (QED) is 0.554. The highest BCUT2D eigenvalue weighted by molar-refractivity contribution is 6.05. The lowest BCUT2D eigenvalue weighted by Crippen LogP contribution is -2.18. The number of fused-ring (bicyclic) bond motifs is 1. The van der Waals surface area contributed by atoms with Gasteiger partial charge in [-0.3, -0.25) is 14.9 Å². The Labute approximate surface area is 137 Å². The van der Waals surface area contributed by atoms with Gasteiger partial charge in [0, 0.05) is 6.54 Å². The smallest absolute Gasteiger partial charge is 0.304 e. The molecule has 24 heavy (non-hydrogen) atoms. The van der Waals surface area contributed by atoms with Crippen molar-refractivity contribution in [2.75, 3.05) is 5.32 Å². The lowest BCUT2D eigenvalue weighted by atomic mass is 10.1. The van der Waals surface area contributed by atoms with Crippen LogP contribution in [0.5, 0.6) is 0 Å². The first-order chi connectivity index (χ1) is 11.6. The van der Waals surface area contributed by atoms with E-state index >= 15 is 0 Å². The summed E-state index contributed by atoms with van der Waals surface area (Å²) in [6.07, 6.45) is 0.